The van der Waals surface area contributed by atoms with Crippen LogP contribution in [0.3, 0.4) is 0 Å². The second kappa shape index (κ2) is 9.07. The van der Waals surface area contributed by atoms with Crippen molar-refractivity contribution in [3.63, 3.8) is 0 Å². The molecule has 2 aromatic heterocycles. The predicted molar refractivity (Wildman–Crippen MR) is 110 cm³/mol. The number of aliphatic hydroxyl groups is 1. The molecule has 0 unspecified atom stereocenters. The van der Waals surface area contributed by atoms with Crippen LogP contribution in [0.2, 0.25) is 5.02 Å². The van der Waals surface area contributed by atoms with E-state index in [-0.39, 0.29) is 37.6 Å². The average Bonchev–Trinajstić information content (AvgIpc) is 3.11. The lowest BCUT2D eigenvalue weighted by atomic mass is 10.1. The lowest BCUT2D eigenvalue weighted by Gasteiger charge is -2.16. The van der Waals surface area contributed by atoms with Crippen LogP contribution in [-0.4, -0.2) is 27.2 Å². The van der Waals surface area contributed by atoms with Gasteiger partial charge in [-0.05, 0) is 38.1 Å². The Morgan fingerprint density at radius 1 is 1.28 bits per heavy atom. The molecular weight excluding hydrogens is 394 g/mol. The van der Waals surface area contributed by atoms with Gasteiger partial charge in [-0.2, -0.15) is 0 Å². The van der Waals surface area contributed by atoms with Crippen LogP contribution in [0.5, 0.6) is 0 Å². The van der Waals surface area contributed by atoms with Crippen molar-refractivity contribution < 1.29 is 14.3 Å². The van der Waals surface area contributed by atoms with Crippen molar-refractivity contribution in [3.8, 4) is 11.4 Å². The molecule has 0 saturated carbocycles. The maximum atomic E-state index is 13.1. The largest absolute Gasteiger partial charge is 0.465 e. The maximum Gasteiger partial charge on any atom is 0.257 e. The Hall–Kier alpha value is -2.90. The normalized spacial score (nSPS) is 10.9. The van der Waals surface area contributed by atoms with Gasteiger partial charge in [0.1, 0.15) is 23.9 Å². The number of aliphatic hydroxyl groups excluding tert-OH is 1. The summed E-state index contributed by atoms with van der Waals surface area (Å²) in [5.74, 6) is 1.37. The summed E-state index contributed by atoms with van der Waals surface area (Å²) < 4.78 is 6.75. The average molecular weight is 416 g/mol. The van der Waals surface area contributed by atoms with Crippen LogP contribution in [0.1, 0.15) is 22.8 Å². The molecular formula is C21H22ClN3O4. The van der Waals surface area contributed by atoms with E-state index in [0.717, 1.165) is 5.76 Å². The minimum Gasteiger partial charge on any atom is -0.465 e. The van der Waals surface area contributed by atoms with Crippen molar-refractivity contribution >= 4 is 17.5 Å². The SMILES string of the molecule is Cc1ccc(CNC(=O)Cn2c(-c3cccc(Cl)c3)nc(C)c(CCO)c2=O)o1. The lowest BCUT2D eigenvalue weighted by molar-refractivity contribution is -0.121. The summed E-state index contributed by atoms with van der Waals surface area (Å²) >= 11 is 6.10. The van der Waals surface area contributed by atoms with E-state index in [1.807, 2.05) is 13.0 Å². The van der Waals surface area contributed by atoms with E-state index >= 15 is 0 Å². The smallest absolute Gasteiger partial charge is 0.257 e. The van der Waals surface area contributed by atoms with E-state index in [2.05, 4.69) is 10.3 Å². The fraction of sp³-hybridized carbons (Fsp3) is 0.286. The zero-order valence-electron chi connectivity index (χ0n) is 16.2. The molecule has 152 valence electrons. The number of carbonyl (C=O) groups excluding carboxylic acids is 1. The Morgan fingerprint density at radius 2 is 2.07 bits per heavy atom. The van der Waals surface area contributed by atoms with Crippen LogP contribution >= 0.6 is 11.6 Å². The third-order valence-corrected chi connectivity index (χ3v) is 4.71. The Balaban J connectivity index is 1.94. The Bertz CT molecular complexity index is 1090. The highest BCUT2D eigenvalue weighted by Gasteiger charge is 2.18. The molecule has 0 radical (unpaired) electrons. The first-order valence-corrected chi connectivity index (χ1v) is 9.56. The van der Waals surface area contributed by atoms with Gasteiger partial charge in [-0.25, -0.2) is 4.98 Å². The first-order chi connectivity index (χ1) is 13.9. The van der Waals surface area contributed by atoms with Crippen LogP contribution in [0.15, 0.2) is 45.6 Å². The lowest BCUT2D eigenvalue weighted by Crippen LogP contribution is -2.35. The molecule has 2 N–H and O–H groups in total. The van der Waals surface area contributed by atoms with Crippen LogP contribution in [0, 0.1) is 13.8 Å². The van der Waals surface area contributed by atoms with E-state index in [1.165, 1.54) is 4.57 Å². The molecule has 0 saturated heterocycles. The van der Waals surface area contributed by atoms with Crippen molar-refractivity contribution in [2.24, 2.45) is 0 Å². The molecule has 0 spiro atoms. The second-order valence-corrected chi connectivity index (χ2v) is 7.10. The quantitative estimate of drug-likeness (QED) is 0.618. The minimum atomic E-state index is -0.356. The van der Waals surface area contributed by atoms with Gasteiger partial charge < -0.3 is 14.8 Å². The number of furan rings is 1. The third-order valence-electron chi connectivity index (χ3n) is 4.47. The van der Waals surface area contributed by atoms with Crippen molar-refractivity contribution in [2.45, 2.75) is 33.4 Å². The molecule has 7 nitrogen and oxygen atoms in total. The number of amides is 1. The van der Waals surface area contributed by atoms with Crippen molar-refractivity contribution in [1.82, 2.24) is 14.9 Å². The number of hydrogen-bond acceptors (Lipinski definition) is 5. The van der Waals surface area contributed by atoms with Gasteiger partial charge in [-0.1, -0.05) is 23.7 Å². The number of nitrogens with one attached hydrogen (secondary N) is 1. The summed E-state index contributed by atoms with van der Waals surface area (Å²) in [5.41, 5.74) is 1.17. The van der Waals surface area contributed by atoms with E-state index < -0.39 is 0 Å². The molecule has 8 heteroatoms. The monoisotopic (exact) mass is 415 g/mol. The molecule has 0 aliphatic rings. The summed E-state index contributed by atoms with van der Waals surface area (Å²) in [6, 6.07) is 10.5. The van der Waals surface area contributed by atoms with Crippen LogP contribution in [0.4, 0.5) is 0 Å². The number of hydrogen-bond donors (Lipinski definition) is 2. The Kier molecular flexibility index (Phi) is 6.51. The first-order valence-electron chi connectivity index (χ1n) is 9.18. The van der Waals surface area contributed by atoms with Gasteiger partial charge in [0.25, 0.3) is 5.56 Å². The molecule has 0 bridgehead atoms. The highest BCUT2D eigenvalue weighted by Crippen LogP contribution is 2.21. The van der Waals surface area contributed by atoms with Gasteiger partial charge >= 0.3 is 0 Å². The molecule has 0 aliphatic carbocycles. The predicted octanol–water partition coefficient (Wildman–Crippen LogP) is 2.62. The van der Waals surface area contributed by atoms with Gasteiger partial charge in [0.15, 0.2) is 0 Å². The number of nitrogens with zero attached hydrogens (tertiary/aromatic N) is 2. The molecule has 1 aromatic carbocycles. The van der Waals surface area contributed by atoms with E-state index in [0.29, 0.717) is 33.4 Å². The van der Waals surface area contributed by atoms with Crippen molar-refractivity contribution in [2.75, 3.05) is 6.61 Å². The maximum absolute atomic E-state index is 13.1. The summed E-state index contributed by atoms with van der Waals surface area (Å²) in [7, 11) is 0. The van der Waals surface area contributed by atoms with Crippen molar-refractivity contribution in [1.29, 1.82) is 0 Å². The second-order valence-electron chi connectivity index (χ2n) is 6.66. The molecule has 0 atom stereocenters. The molecule has 29 heavy (non-hydrogen) atoms. The number of aromatic nitrogens is 2. The van der Waals surface area contributed by atoms with Crippen LogP contribution < -0.4 is 10.9 Å². The molecule has 3 rings (SSSR count). The summed E-state index contributed by atoms with van der Waals surface area (Å²) in [5, 5.41) is 12.5. The fourth-order valence-electron chi connectivity index (χ4n) is 3.06. The highest BCUT2D eigenvalue weighted by atomic mass is 35.5. The summed E-state index contributed by atoms with van der Waals surface area (Å²) in [6.07, 6.45) is 0.167. The minimum absolute atomic E-state index is 0.167. The van der Waals surface area contributed by atoms with Crippen LogP contribution in [0.25, 0.3) is 11.4 Å². The van der Waals surface area contributed by atoms with Gasteiger partial charge in [-0.3, -0.25) is 14.2 Å². The summed E-state index contributed by atoms with van der Waals surface area (Å²) in [6.45, 7) is 3.36. The molecule has 3 aromatic rings. The van der Waals surface area contributed by atoms with Crippen LogP contribution in [-0.2, 0) is 24.3 Å². The highest BCUT2D eigenvalue weighted by molar-refractivity contribution is 6.30. The van der Waals surface area contributed by atoms with Gasteiger partial charge in [-0.15, -0.1) is 0 Å². The standard InChI is InChI=1S/C21H22ClN3O4/c1-13-6-7-17(29-13)11-23-19(27)12-25-20(15-4-3-5-16(22)10-15)24-14(2)18(8-9-26)21(25)28/h3-7,10,26H,8-9,11-12H2,1-2H3,(H,23,27). The summed E-state index contributed by atoms with van der Waals surface area (Å²) in [4.78, 5) is 30.1. The number of halogens is 1. The zero-order valence-corrected chi connectivity index (χ0v) is 17.0. The zero-order chi connectivity index (χ0) is 21.0. The van der Waals surface area contributed by atoms with Gasteiger partial charge in [0, 0.05) is 34.9 Å². The van der Waals surface area contributed by atoms with Crippen molar-refractivity contribution in [3.05, 3.63) is 74.6 Å². The van der Waals surface area contributed by atoms with E-state index in [1.54, 1.807) is 37.3 Å². The first kappa shape index (κ1) is 20.8. The van der Waals surface area contributed by atoms with E-state index in [4.69, 9.17) is 16.0 Å². The molecule has 0 fully saturated rings. The number of carbonyl (C=O) groups is 1. The van der Waals surface area contributed by atoms with Gasteiger partial charge in [0.05, 0.1) is 6.54 Å². The molecule has 1 amide bonds. The molecule has 0 aliphatic heterocycles. The topological polar surface area (TPSA) is 97.4 Å². The number of benzene rings is 1. The number of aryl methyl sites for hydroxylation is 2. The third kappa shape index (κ3) is 4.93. The number of rotatable bonds is 7. The van der Waals surface area contributed by atoms with E-state index in [9.17, 15) is 14.7 Å². The Labute approximate surface area is 173 Å². The fourth-order valence-corrected chi connectivity index (χ4v) is 3.25. The van der Waals surface area contributed by atoms with Gasteiger partial charge in [0.2, 0.25) is 5.91 Å². The molecule has 2 heterocycles. The Morgan fingerprint density at radius 3 is 2.72 bits per heavy atom.